The number of amides is 1. The van der Waals surface area contributed by atoms with Crippen LogP contribution in [0.25, 0.3) is 0 Å². The Hall–Kier alpha value is -0.990. The van der Waals surface area contributed by atoms with Crippen LogP contribution in [0.4, 0.5) is 0 Å². The summed E-state index contributed by atoms with van der Waals surface area (Å²) in [6.45, 7) is 6.20. The Morgan fingerprint density at radius 3 is 2.45 bits per heavy atom. The van der Waals surface area contributed by atoms with Crippen LogP contribution in [0, 0.1) is 5.41 Å². The number of hydrogen-bond acceptors (Lipinski definition) is 2. The molecule has 1 aliphatic rings. The van der Waals surface area contributed by atoms with Gasteiger partial charge in [-0.05, 0) is 5.41 Å². The van der Waals surface area contributed by atoms with Gasteiger partial charge in [0.05, 0.1) is 6.04 Å². The van der Waals surface area contributed by atoms with Crippen LogP contribution in [0.2, 0.25) is 0 Å². The Bertz CT molecular complexity index is 207. The highest BCUT2D eigenvalue weighted by Crippen LogP contribution is 2.25. The predicted octanol–water partition coefficient (Wildman–Crippen LogP) is 1.95. The fraction of sp³-hybridized carbons (Fsp3) is 0.625. The number of carbonyl (C=O) groups is 1. The van der Waals surface area contributed by atoms with E-state index in [1.807, 2.05) is 0 Å². The Morgan fingerprint density at radius 2 is 2.09 bits per heavy atom. The molecule has 1 amide bonds. The van der Waals surface area contributed by atoms with Crippen molar-refractivity contribution in [3.63, 3.8) is 0 Å². The first-order valence-corrected chi connectivity index (χ1v) is 3.63. The maximum absolute atomic E-state index is 10.6. The third kappa shape index (κ3) is 1.97. The number of azo groups is 1. The molecule has 0 aromatic rings. The van der Waals surface area contributed by atoms with Crippen molar-refractivity contribution in [3.05, 3.63) is 12.2 Å². The highest BCUT2D eigenvalue weighted by Gasteiger charge is 2.23. The molecule has 0 fully saturated rings. The smallest absolute Gasteiger partial charge is 0.266 e. The average Bonchev–Trinajstić information content (AvgIpc) is 1.86. The normalized spacial score (nSPS) is 24.3. The molecule has 0 aromatic heterocycles. The minimum absolute atomic E-state index is 0.0419. The molecule has 60 valence electrons. The van der Waals surface area contributed by atoms with Gasteiger partial charge < -0.3 is 0 Å². The maximum Gasteiger partial charge on any atom is 0.287 e. The van der Waals surface area contributed by atoms with Gasteiger partial charge in [-0.1, -0.05) is 26.8 Å². The van der Waals surface area contributed by atoms with Crippen molar-refractivity contribution in [1.29, 1.82) is 0 Å². The molecule has 3 heteroatoms. The summed E-state index contributed by atoms with van der Waals surface area (Å²) in [5, 5.41) is 7.35. The third-order valence-corrected chi connectivity index (χ3v) is 1.59. The highest BCUT2D eigenvalue weighted by atomic mass is 16.1. The Kier molecular flexibility index (Phi) is 1.89. The van der Waals surface area contributed by atoms with Crippen molar-refractivity contribution < 1.29 is 4.79 Å². The second kappa shape index (κ2) is 2.57. The predicted molar refractivity (Wildman–Crippen MR) is 42.2 cm³/mol. The van der Waals surface area contributed by atoms with Crippen LogP contribution in [0.1, 0.15) is 20.8 Å². The standard InChI is InChI=1S/C8H12N2O/c1-8(2,3)6-4-5-7(11)10-9-6/h4-6H,1-3H3. The van der Waals surface area contributed by atoms with E-state index in [-0.39, 0.29) is 17.4 Å². The van der Waals surface area contributed by atoms with Crippen molar-refractivity contribution in [2.24, 2.45) is 15.6 Å². The van der Waals surface area contributed by atoms with E-state index in [0.29, 0.717) is 0 Å². The second-order valence-corrected chi connectivity index (χ2v) is 3.72. The van der Waals surface area contributed by atoms with Crippen molar-refractivity contribution in [2.45, 2.75) is 26.8 Å². The molecule has 1 unspecified atom stereocenters. The van der Waals surface area contributed by atoms with Gasteiger partial charge in [-0.15, -0.1) is 5.11 Å². The van der Waals surface area contributed by atoms with E-state index in [2.05, 4.69) is 31.0 Å². The first-order valence-electron chi connectivity index (χ1n) is 3.63. The average molecular weight is 152 g/mol. The molecule has 0 aliphatic carbocycles. The summed E-state index contributed by atoms with van der Waals surface area (Å²) in [6.07, 6.45) is 3.28. The monoisotopic (exact) mass is 152 g/mol. The topological polar surface area (TPSA) is 41.8 Å². The van der Waals surface area contributed by atoms with Crippen LogP contribution in [0.5, 0.6) is 0 Å². The fourth-order valence-electron chi connectivity index (χ4n) is 0.826. The zero-order chi connectivity index (χ0) is 8.48. The van der Waals surface area contributed by atoms with E-state index >= 15 is 0 Å². The molecule has 1 aliphatic heterocycles. The van der Waals surface area contributed by atoms with Gasteiger partial charge in [0, 0.05) is 6.08 Å². The Labute approximate surface area is 66.2 Å². The number of nitrogens with zero attached hydrogens (tertiary/aromatic N) is 2. The van der Waals surface area contributed by atoms with E-state index in [0.717, 1.165) is 0 Å². The van der Waals surface area contributed by atoms with E-state index in [1.165, 1.54) is 6.08 Å². The molecule has 0 bridgehead atoms. The fourth-order valence-corrected chi connectivity index (χ4v) is 0.826. The first kappa shape index (κ1) is 8.11. The molecule has 0 spiro atoms. The number of carbonyl (C=O) groups excluding carboxylic acids is 1. The Morgan fingerprint density at radius 1 is 1.45 bits per heavy atom. The molecule has 0 radical (unpaired) electrons. The molecule has 1 heterocycles. The lowest BCUT2D eigenvalue weighted by Crippen LogP contribution is -2.23. The number of hydrogen-bond donors (Lipinski definition) is 0. The van der Waals surface area contributed by atoms with Crippen LogP contribution in [0.3, 0.4) is 0 Å². The maximum atomic E-state index is 10.6. The van der Waals surface area contributed by atoms with Crippen molar-refractivity contribution in [3.8, 4) is 0 Å². The summed E-state index contributed by atoms with van der Waals surface area (Å²) in [4.78, 5) is 10.6. The minimum Gasteiger partial charge on any atom is -0.266 e. The van der Waals surface area contributed by atoms with E-state index < -0.39 is 0 Å². The largest absolute Gasteiger partial charge is 0.287 e. The summed E-state index contributed by atoms with van der Waals surface area (Å²) in [5.74, 6) is -0.259. The lowest BCUT2D eigenvalue weighted by molar-refractivity contribution is -0.114. The van der Waals surface area contributed by atoms with Crippen LogP contribution in [-0.2, 0) is 4.79 Å². The summed E-state index contributed by atoms with van der Waals surface area (Å²) < 4.78 is 0. The van der Waals surface area contributed by atoms with Gasteiger partial charge >= 0.3 is 0 Å². The number of rotatable bonds is 0. The third-order valence-electron chi connectivity index (χ3n) is 1.59. The molecule has 0 N–H and O–H groups in total. The summed E-state index contributed by atoms with van der Waals surface area (Å²) in [6, 6.07) is 0.0419. The SMILES string of the molecule is CC(C)(C)C1C=CC(=O)N=N1. The molecule has 0 saturated heterocycles. The summed E-state index contributed by atoms with van der Waals surface area (Å²) >= 11 is 0. The second-order valence-electron chi connectivity index (χ2n) is 3.72. The zero-order valence-electron chi connectivity index (χ0n) is 7.03. The lowest BCUT2D eigenvalue weighted by Gasteiger charge is -2.23. The van der Waals surface area contributed by atoms with Crippen LogP contribution in [0.15, 0.2) is 22.4 Å². The van der Waals surface area contributed by atoms with E-state index in [9.17, 15) is 4.79 Å². The van der Waals surface area contributed by atoms with Crippen LogP contribution >= 0.6 is 0 Å². The van der Waals surface area contributed by atoms with Crippen LogP contribution < -0.4 is 0 Å². The van der Waals surface area contributed by atoms with Gasteiger partial charge in [-0.2, -0.15) is 5.11 Å². The van der Waals surface area contributed by atoms with Gasteiger partial charge in [-0.25, -0.2) is 0 Å². The summed E-state index contributed by atoms with van der Waals surface area (Å²) in [5.41, 5.74) is 0.0562. The van der Waals surface area contributed by atoms with Gasteiger partial charge in [0.1, 0.15) is 0 Å². The molecule has 3 nitrogen and oxygen atoms in total. The van der Waals surface area contributed by atoms with Crippen molar-refractivity contribution in [1.82, 2.24) is 0 Å². The molecular weight excluding hydrogens is 140 g/mol. The zero-order valence-corrected chi connectivity index (χ0v) is 7.03. The van der Waals surface area contributed by atoms with Crippen molar-refractivity contribution >= 4 is 5.91 Å². The van der Waals surface area contributed by atoms with Gasteiger partial charge in [0.25, 0.3) is 5.91 Å². The molecule has 11 heavy (non-hydrogen) atoms. The lowest BCUT2D eigenvalue weighted by atomic mass is 9.87. The molecule has 0 aromatic carbocycles. The molecule has 1 atom stereocenters. The van der Waals surface area contributed by atoms with Crippen LogP contribution in [-0.4, -0.2) is 11.9 Å². The molecular formula is C8H12N2O. The molecule has 1 rings (SSSR count). The van der Waals surface area contributed by atoms with Crippen molar-refractivity contribution in [2.75, 3.05) is 0 Å². The van der Waals surface area contributed by atoms with Gasteiger partial charge in [-0.3, -0.25) is 4.79 Å². The van der Waals surface area contributed by atoms with Gasteiger partial charge in [0.15, 0.2) is 0 Å². The van der Waals surface area contributed by atoms with E-state index in [1.54, 1.807) is 6.08 Å². The summed E-state index contributed by atoms with van der Waals surface area (Å²) in [7, 11) is 0. The minimum atomic E-state index is -0.259. The highest BCUT2D eigenvalue weighted by molar-refractivity contribution is 5.88. The van der Waals surface area contributed by atoms with Gasteiger partial charge in [0.2, 0.25) is 0 Å². The molecule has 0 saturated carbocycles. The quantitative estimate of drug-likeness (QED) is 0.523. The van der Waals surface area contributed by atoms with E-state index in [4.69, 9.17) is 0 Å². The Balaban J connectivity index is 2.73. The first-order chi connectivity index (χ1) is 5.00.